The van der Waals surface area contributed by atoms with Crippen molar-refractivity contribution in [1.82, 2.24) is 4.90 Å². The maximum absolute atomic E-state index is 12.8. The number of hydrogen-bond donors (Lipinski definition) is 1. The van der Waals surface area contributed by atoms with Gasteiger partial charge in [-0.15, -0.1) is 0 Å². The third-order valence-corrected chi connectivity index (χ3v) is 3.95. The Morgan fingerprint density at radius 1 is 1.04 bits per heavy atom. The molecular formula is C21H27N3O4. The van der Waals surface area contributed by atoms with Gasteiger partial charge in [0.2, 0.25) is 0 Å². The van der Waals surface area contributed by atoms with Gasteiger partial charge in [0.25, 0.3) is 0 Å². The third-order valence-electron chi connectivity index (χ3n) is 3.95. The summed E-state index contributed by atoms with van der Waals surface area (Å²) < 4.78 is 10.7. The molecule has 0 aliphatic rings. The lowest BCUT2D eigenvalue weighted by Gasteiger charge is -2.23. The fourth-order valence-corrected chi connectivity index (χ4v) is 2.64. The van der Waals surface area contributed by atoms with Crippen molar-refractivity contribution in [2.45, 2.75) is 13.8 Å². The van der Waals surface area contributed by atoms with Crippen LogP contribution in [0.15, 0.2) is 42.5 Å². The molecule has 0 saturated carbocycles. The Bertz CT molecular complexity index is 816. The Morgan fingerprint density at radius 3 is 2.32 bits per heavy atom. The van der Waals surface area contributed by atoms with E-state index >= 15 is 0 Å². The summed E-state index contributed by atoms with van der Waals surface area (Å²) in [5, 5.41) is 2.73. The Labute approximate surface area is 165 Å². The fourth-order valence-electron chi connectivity index (χ4n) is 2.64. The van der Waals surface area contributed by atoms with Crippen LogP contribution in [0.25, 0.3) is 0 Å². The number of urea groups is 1. The zero-order chi connectivity index (χ0) is 20.7. The zero-order valence-corrected chi connectivity index (χ0v) is 17.0. The molecule has 28 heavy (non-hydrogen) atoms. The zero-order valence-electron chi connectivity index (χ0n) is 17.0. The second-order valence-electron chi connectivity index (χ2n) is 6.71. The van der Waals surface area contributed by atoms with Crippen molar-refractivity contribution in [3.63, 3.8) is 0 Å². The lowest BCUT2D eigenvalue weighted by Crippen LogP contribution is -2.36. The summed E-state index contributed by atoms with van der Waals surface area (Å²) in [4.78, 5) is 27.6. The number of nitrogens with zero attached hydrogens (tertiary/aromatic N) is 2. The normalized spacial score (nSPS) is 10.3. The highest BCUT2D eigenvalue weighted by atomic mass is 16.6. The van der Waals surface area contributed by atoms with E-state index in [4.69, 9.17) is 9.47 Å². The fraction of sp³-hybridized carbons (Fsp3) is 0.333. The van der Waals surface area contributed by atoms with E-state index in [-0.39, 0.29) is 6.03 Å². The average Bonchev–Trinajstić information content (AvgIpc) is 2.61. The van der Waals surface area contributed by atoms with E-state index in [0.717, 1.165) is 16.8 Å². The number of hydrogen-bond acceptors (Lipinski definition) is 4. The van der Waals surface area contributed by atoms with Gasteiger partial charge in [-0.25, -0.2) is 9.59 Å². The number of ether oxygens (including phenoxy) is 2. The quantitative estimate of drug-likeness (QED) is 0.814. The van der Waals surface area contributed by atoms with Crippen molar-refractivity contribution in [2.24, 2.45) is 0 Å². The van der Waals surface area contributed by atoms with Gasteiger partial charge in [0.05, 0.1) is 13.2 Å². The maximum atomic E-state index is 12.8. The molecule has 7 nitrogen and oxygen atoms in total. The minimum absolute atomic E-state index is 0.263. The van der Waals surface area contributed by atoms with E-state index < -0.39 is 6.09 Å². The van der Waals surface area contributed by atoms with Gasteiger partial charge in [-0.2, -0.15) is 0 Å². The van der Waals surface area contributed by atoms with E-state index in [0.29, 0.717) is 24.6 Å². The summed E-state index contributed by atoms with van der Waals surface area (Å²) in [5.74, 6) is 0.341. The van der Waals surface area contributed by atoms with Crippen molar-refractivity contribution >= 4 is 23.5 Å². The second kappa shape index (κ2) is 9.75. The third kappa shape index (κ3) is 5.99. The lowest BCUT2D eigenvalue weighted by atomic mass is 10.1. The molecule has 0 radical (unpaired) electrons. The molecule has 2 aromatic carbocycles. The Balaban J connectivity index is 2.20. The summed E-state index contributed by atoms with van der Waals surface area (Å²) in [6.45, 7) is 4.69. The van der Waals surface area contributed by atoms with Crippen molar-refractivity contribution in [3.05, 3.63) is 53.6 Å². The van der Waals surface area contributed by atoms with Crippen LogP contribution in [0.2, 0.25) is 0 Å². The van der Waals surface area contributed by atoms with E-state index in [1.54, 1.807) is 45.5 Å². The molecule has 0 fully saturated rings. The number of nitrogens with one attached hydrogen (secondary N) is 1. The number of anilines is 2. The lowest BCUT2D eigenvalue weighted by molar-refractivity contribution is 0.189. The highest BCUT2D eigenvalue weighted by molar-refractivity contribution is 5.91. The molecule has 7 heteroatoms. The minimum Gasteiger partial charge on any atom is -0.410 e. The number of carbonyl (C=O) groups is 2. The summed E-state index contributed by atoms with van der Waals surface area (Å²) in [5.41, 5.74) is 3.40. The molecule has 3 amide bonds. The number of methoxy groups -OCH3 is 1. The van der Waals surface area contributed by atoms with E-state index in [1.165, 1.54) is 9.80 Å². The summed E-state index contributed by atoms with van der Waals surface area (Å²) >= 11 is 0. The van der Waals surface area contributed by atoms with E-state index in [2.05, 4.69) is 5.32 Å². The molecule has 0 spiro atoms. The summed E-state index contributed by atoms with van der Waals surface area (Å²) in [7, 11) is 4.88. The first-order chi connectivity index (χ1) is 13.3. The van der Waals surface area contributed by atoms with E-state index in [9.17, 15) is 9.59 Å². The summed E-state index contributed by atoms with van der Waals surface area (Å²) in [6, 6.07) is 12.3. The van der Waals surface area contributed by atoms with Crippen molar-refractivity contribution < 1.29 is 19.1 Å². The molecule has 0 saturated heterocycles. The summed E-state index contributed by atoms with van der Waals surface area (Å²) in [6.07, 6.45) is -0.516. The Kier molecular flexibility index (Phi) is 7.40. The number of carbonyl (C=O) groups excluding carboxylic acids is 2. The monoisotopic (exact) mass is 385 g/mol. The van der Waals surface area contributed by atoms with Gasteiger partial charge in [-0.1, -0.05) is 12.1 Å². The van der Waals surface area contributed by atoms with Crippen LogP contribution in [0.3, 0.4) is 0 Å². The van der Waals surface area contributed by atoms with Crippen molar-refractivity contribution in [3.8, 4) is 5.75 Å². The van der Waals surface area contributed by atoms with Crippen molar-refractivity contribution in [2.75, 3.05) is 44.6 Å². The predicted octanol–water partition coefficient (Wildman–Crippen LogP) is 4.05. The molecule has 0 atom stereocenters. The highest BCUT2D eigenvalue weighted by Gasteiger charge is 2.19. The molecule has 0 aromatic heterocycles. The average molecular weight is 385 g/mol. The number of benzene rings is 2. The smallest absolute Gasteiger partial charge is 0.410 e. The first-order valence-corrected chi connectivity index (χ1v) is 8.95. The standard InChI is InChI=1S/C21H27N3O4/c1-15-11-16(2)13-18(12-15)24(9-10-27-5)21(26)28-19-8-6-7-17(14-19)22-20(25)23(3)4/h6-8,11-14H,9-10H2,1-5H3,(H,22,25). The van der Waals surface area contributed by atoms with Gasteiger partial charge >= 0.3 is 12.1 Å². The van der Waals surface area contributed by atoms with Gasteiger partial charge in [0, 0.05) is 38.6 Å². The van der Waals surface area contributed by atoms with Gasteiger partial charge in [-0.05, 0) is 49.2 Å². The predicted molar refractivity (Wildman–Crippen MR) is 110 cm³/mol. The first-order valence-electron chi connectivity index (χ1n) is 8.95. The Hall–Kier alpha value is -3.06. The van der Waals surface area contributed by atoms with Crippen LogP contribution in [-0.4, -0.2) is 51.4 Å². The Morgan fingerprint density at radius 2 is 1.71 bits per heavy atom. The maximum Gasteiger partial charge on any atom is 0.419 e. The highest BCUT2D eigenvalue weighted by Crippen LogP contribution is 2.22. The first kappa shape index (κ1) is 21.2. The van der Waals surface area contributed by atoms with E-state index in [1.807, 2.05) is 32.0 Å². The SMILES string of the molecule is COCCN(C(=O)Oc1cccc(NC(=O)N(C)C)c1)c1cc(C)cc(C)c1. The van der Waals surface area contributed by atoms with Gasteiger partial charge in [0.15, 0.2) is 0 Å². The van der Waals surface area contributed by atoms with Gasteiger partial charge in [-0.3, -0.25) is 4.90 Å². The number of amides is 3. The number of aryl methyl sites for hydroxylation is 2. The van der Waals surface area contributed by atoms with Crippen LogP contribution in [-0.2, 0) is 4.74 Å². The van der Waals surface area contributed by atoms with Crippen LogP contribution in [0.5, 0.6) is 5.75 Å². The molecule has 2 rings (SSSR count). The molecule has 0 heterocycles. The second-order valence-corrected chi connectivity index (χ2v) is 6.71. The van der Waals surface area contributed by atoms with Crippen LogP contribution >= 0.6 is 0 Å². The van der Waals surface area contributed by atoms with Crippen LogP contribution in [0.1, 0.15) is 11.1 Å². The largest absolute Gasteiger partial charge is 0.419 e. The molecule has 0 aliphatic carbocycles. The molecule has 0 bridgehead atoms. The van der Waals surface area contributed by atoms with Gasteiger partial charge < -0.3 is 19.7 Å². The molecule has 2 aromatic rings. The molecule has 0 unspecified atom stereocenters. The molecule has 1 N–H and O–H groups in total. The molecule has 0 aliphatic heterocycles. The van der Waals surface area contributed by atoms with Crippen LogP contribution < -0.4 is 15.0 Å². The molecular weight excluding hydrogens is 358 g/mol. The molecule has 150 valence electrons. The topological polar surface area (TPSA) is 71.1 Å². The minimum atomic E-state index is -0.516. The van der Waals surface area contributed by atoms with Crippen LogP contribution in [0, 0.1) is 13.8 Å². The number of rotatable bonds is 6. The van der Waals surface area contributed by atoms with Gasteiger partial charge in [0.1, 0.15) is 5.75 Å². The van der Waals surface area contributed by atoms with Crippen molar-refractivity contribution in [1.29, 1.82) is 0 Å². The van der Waals surface area contributed by atoms with Crippen LogP contribution in [0.4, 0.5) is 21.0 Å².